The van der Waals surface area contributed by atoms with E-state index < -0.39 is 0 Å². The fourth-order valence-corrected chi connectivity index (χ4v) is 2.48. The van der Waals surface area contributed by atoms with Crippen LogP contribution in [0.1, 0.15) is 18.4 Å². The Kier molecular flexibility index (Phi) is 4.49. The molecule has 5 heteroatoms. The summed E-state index contributed by atoms with van der Waals surface area (Å²) in [5, 5.41) is 7.20. The number of rotatable bonds is 2. The summed E-state index contributed by atoms with van der Waals surface area (Å²) in [6, 6.07) is 3.46. The van der Waals surface area contributed by atoms with Crippen molar-refractivity contribution in [2.75, 3.05) is 18.4 Å². The summed E-state index contributed by atoms with van der Waals surface area (Å²) in [6.07, 6.45) is 1.94. The summed E-state index contributed by atoms with van der Waals surface area (Å²) in [6.45, 7) is 3.59. The summed E-state index contributed by atoms with van der Waals surface area (Å²) in [7, 11) is 0. The number of amides is 1. The number of benzene rings is 1. The summed E-state index contributed by atoms with van der Waals surface area (Å²) < 4.78 is 0. The average molecular weight is 287 g/mol. The molecule has 0 aromatic heterocycles. The minimum atomic E-state index is 0.00372. The van der Waals surface area contributed by atoms with Crippen LogP contribution in [0.25, 0.3) is 0 Å². The van der Waals surface area contributed by atoms with E-state index in [1.54, 1.807) is 12.1 Å². The van der Waals surface area contributed by atoms with E-state index in [1.165, 1.54) is 0 Å². The van der Waals surface area contributed by atoms with Crippen LogP contribution in [0.2, 0.25) is 10.0 Å². The van der Waals surface area contributed by atoms with Crippen LogP contribution in [0.3, 0.4) is 0 Å². The van der Waals surface area contributed by atoms with Crippen molar-refractivity contribution in [1.29, 1.82) is 0 Å². The number of aryl methyl sites for hydroxylation is 1. The van der Waals surface area contributed by atoms with Crippen molar-refractivity contribution in [2.24, 2.45) is 5.92 Å². The first-order valence-electron chi connectivity index (χ1n) is 6.05. The maximum absolute atomic E-state index is 12.1. The molecule has 1 aromatic rings. The lowest BCUT2D eigenvalue weighted by Crippen LogP contribution is -2.37. The van der Waals surface area contributed by atoms with Crippen molar-refractivity contribution < 1.29 is 4.79 Å². The number of nitrogens with one attached hydrogen (secondary N) is 2. The Morgan fingerprint density at radius 3 is 2.83 bits per heavy atom. The minimum Gasteiger partial charge on any atom is -0.324 e. The maximum atomic E-state index is 12.1. The van der Waals surface area contributed by atoms with Crippen LogP contribution in [0.4, 0.5) is 5.69 Å². The molecular weight excluding hydrogens is 271 g/mol. The van der Waals surface area contributed by atoms with Gasteiger partial charge in [0.15, 0.2) is 0 Å². The van der Waals surface area contributed by atoms with Crippen LogP contribution in [0, 0.1) is 12.8 Å². The summed E-state index contributed by atoms with van der Waals surface area (Å²) in [5.41, 5.74) is 1.49. The minimum absolute atomic E-state index is 0.00372. The quantitative estimate of drug-likeness (QED) is 0.876. The highest BCUT2D eigenvalue weighted by Gasteiger charge is 2.21. The van der Waals surface area contributed by atoms with E-state index >= 15 is 0 Å². The van der Waals surface area contributed by atoms with E-state index in [4.69, 9.17) is 23.2 Å². The van der Waals surface area contributed by atoms with Crippen LogP contribution in [0.15, 0.2) is 12.1 Å². The van der Waals surface area contributed by atoms with E-state index in [2.05, 4.69) is 10.6 Å². The Hall–Kier alpha value is -0.770. The summed E-state index contributed by atoms with van der Waals surface area (Å²) >= 11 is 12.1. The van der Waals surface area contributed by atoms with Gasteiger partial charge in [0.05, 0.1) is 16.6 Å². The van der Waals surface area contributed by atoms with E-state index in [9.17, 15) is 4.79 Å². The molecule has 3 nitrogen and oxygen atoms in total. The van der Waals surface area contributed by atoms with E-state index in [0.717, 1.165) is 31.5 Å². The van der Waals surface area contributed by atoms with Gasteiger partial charge >= 0.3 is 0 Å². The van der Waals surface area contributed by atoms with E-state index in [-0.39, 0.29) is 11.8 Å². The zero-order valence-electron chi connectivity index (χ0n) is 10.2. The molecule has 0 bridgehead atoms. The van der Waals surface area contributed by atoms with Crippen LogP contribution in [-0.4, -0.2) is 19.0 Å². The van der Waals surface area contributed by atoms with E-state index in [0.29, 0.717) is 15.7 Å². The van der Waals surface area contributed by atoms with Gasteiger partial charge in [-0.25, -0.2) is 0 Å². The zero-order valence-corrected chi connectivity index (χ0v) is 11.7. The Bertz CT molecular complexity index is 457. The fraction of sp³-hybridized carbons (Fsp3) is 0.462. The molecule has 18 heavy (non-hydrogen) atoms. The third-order valence-corrected chi connectivity index (χ3v) is 3.89. The lowest BCUT2D eigenvalue weighted by atomic mass is 9.99. The first-order valence-corrected chi connectivity index (χ1v) is 6.80. The third-order valence-electron chi connectivity index (χ3n) is 3.17. The Morgan fingerprint density at radius 1 is 1.39 bits per heavy atom. The second-order valence-corrected chi connectivity index (χ2v) is 5.43. The van der Waals surface area contributed by atoms with Gasteiger partial charge < -0.3 is 10.6 Å². The van der Waals surface area contributed by atoms with Crippen LogP contribution < -0.4 is 10.6 Å². The molecule has 98 valence electrons. The highest BCUT2D eigenvalue weighted by molar-refractivity contribution is 6.36. The van der Waals surface area contributed by atoms with Gasteiger partial charge in [-0.3, -0.25) is 4.79 Å². The molecule has 1 aliphatic heterocycles. The smallest absolute Gasteiger partial charge is 0.228 e. The molecule has 0 radical (unpaired) electrons. The molecule has 0 saturated carbocycles. The van der Waals surface area contributed by atoms with Crippen molar-refractivity contribution in [3.8, 4) is 0 Å². The van der Waals surface area contributed by atoms with Crippen molar-refractivity contribution in [3.05, 3.63) is 27.7 Å². The molecule has 2 rings (SSSR count). The lowest BCUT2D eigenvalue weighted by Gasteiger charge is -2.22. The summed E-state index contributed by atoms with van der Waals surface area (Å²) in [5.74, 6) is 0.0129. The molecule has 1 unspecified atom stereocenters. The SMILES string of the molecule is Cc1cc(Cl)c(NC(=O)C2CCCNC2)cc1Cl. The molecule has 1 aromatic carbocycles. The average Bonchev–Trinajstić information content (AvgIpc) is 2.37. The number of hydrogen-bond donors (Lipinski definition) is 2. The number of carbonyl (C=O) groups is 1. The topological polar surface area (TPSA) is 41.1 Å². The molecule has 1 aliphatic rings. The van der Waals surface area contributed by atoms with Gasteiger partial charge in [0.2, 0.25) is 5.91 Å². The van der Waals surface area contributed by atoms with Crippen LogP contribution in [0.5, 0.6) is 0 Å². The number of halogens is 2. The highest BCUT2D eigenvalue weighted by atomic mass is 35.5. The Labute approximate surface area is 117 Å². The van der Waals surface area contributed by atoms with Crippen molar-refractivity contribution in [3.63, 3.8) is 0 Å². The van der Waals surface area contributed by atoms with E-state index in [1.807, 2.05) is 6.92 Å². The van der Waals surface area contributed by atoms with Crippen molar-refractivity contribution in [2.45, 2.75) is 19.8 Å². The number of anilines is 1. The monoisotopic (exact) mass is 286 g/mol. The molecule has 0 spiro atoms. The van der Waals surface area contributed by atoms with Gasteiger partial charge in [0, 0.05) is 11.6 Å². The van der Waals surface area contributed by atoms with Gasteiger partial charge in [-0.15, -0.1) is 0 Å². The highest BCUT2D eigenvalue weighted by Crippen LogP contribution is 2.29. The molecule has 1 amide bonds. The maximum Gasteiger partial charge on any atom is 0.228 e. The first-order chi connectivity index (χ1) is 8.58. The molecule has 1 fully saturated rings. The predicted octanol–water partition coefficient (Wildman–Crippen LogP) is 3.24. The normalized spacial score (nSPS) is 19.6. The van der Waals surface area contributed by atoms with Gasteiger partial charge in [0.1, 0.15) is 0 Å². The fourth-order valence-electron chi connectivity index (χ4n) is 2.05. The van der Waals surface area contributed by atoms with Gasteiger partial charge in [-0.1, -0.05) is 23.2 Å². The summed E-state index contributed by atoms with van der Waals surface area (Å²) in [4.78, 5) is 12.1. The lowest BCUT2D eigenvalue weighted by molar-refractivity contribution is -0.120. The van der Waals surface area contributed by atoms with Crippen LogP contribution >= 0.6 is 23.2 Å². The second kappa shape index (κ2) is 5.91. The Balaban J connectivity index is 2.08. The molecule has 1 heterocycles. The molecule has 0 aliphatic carbocycles. The van der Waals surface area contributed by atoms with Gasteiger partial charge in [-0.05, 0) is 44.0 Å². The molecule has 1 saturated heterocycles. The van der Waals surface area contributed by atoms with Crippen molar-refractivity contribution in [1.82, 2.24) is 5.32 Å². The largest absolute Gasteiger partial charge is 0.324 e. The standard InChI is InChI=1S/C13H16Cl2N2O/c1-8-5-11(15)12(6-10(8)14)17-13(18)9-3-2-4-16-7-9/h5-6,9,16H,2-4,7H2,1H3,(H,17,18). The number of carbonyl (C=O) groups excluding carboxylic acids is 1. The molecule has 1 atom stereocenters. The molecule has 2 N–H and O–H groups in total. The first kappa shape index (κ1) is 13.7. The Morgan fingerprint density at radius 2 is 2.17 bits per heavy atom. The number of hydrogen-bond acceptors (Lipinski definition) is 2. The van der Waals surface area contributed by atoms with Gasteiger partial charge in [-0.2, -0.15) is 0 Å². The van der Waals surface area contributed by atoms with Gasteiger partial charge in [0.25, 0.3) is 0 Å². The van der Waals surface area contributed by atoms with Crippen molar-refractivity contribution >= 4 is 34.8 Å². The third kappa shape index (κ3) is 3.16. The number of piperidine rings is 1. The molecular formula is C13H16Cl2N2O. The van der Waals surface area contributed by atoms with Crippen LogP contribution in [-0.2, 0) is 4.79 Å². The second-order valence-electron chi connectivity index (χ2n) is 4.61. The predicted molar refractivity (Wildman–Crippen MR) is 75.4 cm³/mol. The zero-order chi connectivity index (χ0) is 13.1.